The van der Waals surface area contributed by atoms with Crippen molar-refractivity contribution in [2.75, 3.05) is 49.2 Å². The smallest absolute Gasteiger partial charge is 0.350 e. The zero-order valence-electron chi connectivity index (χ0n) is 28.2. The van der Waals surface area contributed by atoms with Crippen LogP contribution in [0.4, 0.5) is 11.4 Å². The first-order valence-corrected chi connectivity index (χ1v) is 17.6. The van der Waals surface area contributed by atoms with Crippen LogP contribution in [0.3, 0.4) is 0 Å². The second-order valence-corrected chi connectivity index (χ2v) is 13.4. The van der Waals surface area contributed by atoms with Crippen LogP contribution in [0.5, 0.6) is 5.75 Å². The number of nitrogens with zero attached hydrogens (tertiary/aromatic N) is 9. The number of nitriles is 1. The maximum absolute atomic E-state index is 12.8. The lowest BCUT2D eigenvalue weighted by Crippen LogP contribution is -2.46. The normalized spacial score (nSPS) is 19.6. The lowest BCUT2D eigenvalue weighted by Gasteiger charge is -2.37. The van der Waals surface area contributed by atoms with E-state index in [2.05, 4.69) is 31.2 Å². The molecule has 4 heterocycles. The minimum atomic E-state index is -1.24. The summed E-state index contributed by atoms with van der Waals surface area (Å²) in [6, 6.07) is 21.1. The molecule has 2 aromatic heterocycles. The molecule has 0 saturated carbocycles. The van der Waals surface area contributed by atoms with Crippen LogP contribution < -0.4 is 20.2 Å². The van der Waals surface area contributed by atoms with Gasteiger partial charge in [-0.05, 0) is 67.9 Å². The molecule has 51 heavy (non-hydrogen) atoms. The van der Waals surface area contributed by atoms with E-state index >= 15 is 0 Å². The number of rotatable bonds is 11. The average Bonchev–Trinajstić information content (AvgIpc) is 3.91. The Morgan fingerprint density at radius 1 is 0.980 bits per heavy atom. The standard InChI is InChI=1S/C36H37Cl2N9O4/c1-3-25(2)47-35(48)45(24-42-47)29-7-5-28(6-8-29)43-14-16-44(17-15-43)34-11-9-30(18-26(34)20-39)49-21-31-22-50-36(51-31,23-46-40-12-13-41-46)32-10-4-27(37)19-33(32)38/h4-13,18-19,24-25,31H,3,14-17,21-23H2,1-2H3. The van der Waals surface area contributed by atoms with Crippen molar-refractivity contribution in [3.8, 4) is 17.5 Å². The van der Waals surface area contributed by atoms with Crippen molar-refractivity contribution in [3.63, 3.8) is 0 Å². The Balaban J connectivity index is 0.967. The van der Waals surface area contributed by atoms with Gasteiger partial charge in [0, 0.05) is 42.5 Å². The molecule has 2 aliphatic heterocycles. The molecule has 15 heteroatoms. The van der Waals surface area contributed by atoms with Gasteiger partial charge < -0.3 is 24.0 Å². The number of aromatic nitrogens is 6. The van der Waals surface area contributed by atoms with Gasteiger partial charge in [0.15, 0.2) is 0 Å². The number of benzene rings is 3. The predicted molar refractivity (Wildman–Crippen MR) is 193 cm³/mol. The minimum absolute atomic E-state index is 0.0426. The van der Waals surface area contributed by atoms with E-state index in [0.717, 1.165) is 49.7 Å². The lowest BCUT2D eigenvalue weighted by atomic mass is 10.1. The van der Waals surface area contributed by atoms with E-state index in [-0.39, 0.29) is 31.5 Å². The first kappa shape index (κ1) is 34.6. The van der Waals surface area contributed by atoms with E-state index < -0.39 is 11.9 Å². The number of halogens is 2. The topological polar surface area (TPSA) is 128 Å². The first-order chi connectivity index (χ1) is 24.8. The highest BCUT2D eigenvalue weighted by Crippen LogP contribution is 2.40. The van der Waals surface area contributed by atoms with Crippen LogP contribution >= 0.6 is 23.2 Å². The van der Waals surface area contributed by atoms with Gasteiger partial charge in [-0.15, -0.1) is 0 Å². The molecule has 0 radical (unpaired) electrons. The molecule has 2 saturated heterocycles. The Kier molecular flexibility index (Phi) is 10.0. The Morgan fingerprint density at radius 2 is 1.71 bits per heavy atom. The molecule has 0 spiro atoms. The van der Waals surface area contributed by atoms with Gasteiger partial charge in [0.25, 0.3) is 0 Å². The molecule has 0 N–H and O–H groups in total. The van der Waals surface area contributed by atoms with Gasteiger partial charge in [-0.2, -0.15) is 25.4 Å². The quantitative estimate of drug-likeness (QED) is 0.173. The molecule has 2 fully saturated rings. The highest BCUT2D eigenvalue weighted by Gasteiger charge is 2.46. The molecule has 0 bridgehead atoms. The van der Waals surface area contributed by atoms with E-state index in [9.17, 15) is 10.1 Å². The summed E-state index contributed by atoms with van der Waals surface area (Å²) in [4.78, 5) is 18.8. The second-order valence-electron chi connectivity index (χ2n) is 12.6. The monoisotopic (exact) mass is 729 g/mol. The molecule has 5 aromatic rings. The van der Waals surface area contributed by atoms with Crippen molar-refractivity contribution in [2.24, 2.45) is 0 Å². The van der Waals surface area contributed by atoms with Crippen LogP contribution in [-0.2, 0) is 21.8 Å². The van der Waals surface area contributed by atoms with Crippen LogP contribution in [-0.4, -0.2) is 74.8 Å². The Labute approximate surface area is 305 Å². The van der Waals surface area contributed by atoms with Crippen LogP contribution in [0.25, 0.3) is 5.69 Å². The highest BCUT2D eigenvalue weighted by atomic mass is 35.5. The lowest BCUT2D eigenvalue weighted by molar-refractivity contribution is -0.192. The zero-order valence-corrected chi connectivity index (χ0v) is 29.7. The van der Waals surface area contributed by atoms with Gasteiger partial charge in [-0.25, -0.2) is 14.0 Å². The van der Waals surface area contributed by atoms with Crippen molar-refractivity contribution >= 4 is 34.6 Å². The minimum Gasteiger partial charge on any atom is -0.491 e. The Hall–Kier alpha value is -4.87. The average molecular weight is 731 g/mol. The zero-order chi connectivity index (χ0) is 35.5. The number of hydrogen-bond acceptors (Lipinski definition) is 10. The summed E-state index contributed by atoms with van der Waals surface area (Å²) in [6.07, 6.45) is 5.15. The first-order valence-electron chi connectivity index (χ1n) is 16.8. The molecule has 3 aromatic carbocycles. The summed E-state index contributed by atoms with van der Waals surface area (Å²) in [5.74, 6) is -0.681. The van der Waals surface area contributed by atoms with E-state index in [1.54, 1.807) is 47.6 Å². The predicted octanol–water partition coefficient (Wildman–Crippen LogP) is 5.45. The van der Waals surface area contributed by atoms with Crippen molar-refractivity contribution < 1.29 is 14.2 Å². The van der Waals surface area contributed by atoms with Crippen LogP contribution in [0.2, 0.25) is 10.0 Å². The van der Waals surface area contributed by atoms with Crippen LogP contribution in [0.1, 0.15) is 37.4 Å². The van der Waals surface area contributed by atoms with Crippen molar-refractivity contribution in [2.45, 2.75) is 44.7 Å². The van der Waals surface area contributed by atoms with E-state index in [1.807, 2.05) is 50.2 Å². The maximum atomic E-state index is 12.8. The SMILES string of the molecule is CCC(C)n1ncn(-c2ccc(N3CCN(c4ccc(OCC5COC(Cn6nccn6)(c6ccc(Cl)cc6Cl)O5)cc4C#N)CC3)cc2)c1=O. The number of ether oxygens (including phenoxy) is 3. The summed E-state index contributed by atoms with van der Waals surface area (Å²) in [7, 11) is 0. The molecule has 3 atom stereocenters. The second kappa shape index (κ2) is 14.8. The van der Waals surface area contributed by atoms with E-state index in [4.69, 9.17) is 37.4 Å². The van der Waals surface area contributed by atoms with Gasteiger partial charge in [0.1, 0.15) is 37.4 Å². The molecule has 264 valence electrons. The van der Waals surface area contributed by atoms with Gasteiger partial charge in [-0.3, -0.25) is 0 Å². The van der Waals surface area contributed by atoms with E-state index in [1.165, 1.54) is 9.48 Å². The largest absolute Gasteiger partial charge is 0.491 e. The Bertz CT molecular complexity index is 2070. The van der Waals surface area contributed by atoms with Gasteiger partial charge >= 0.3 is 5.69 Å². The number of hydrogen-bond donors (Lipinski definition) is 0. The molecular weight excluding hydrogens is 693 g/mol. The summed E-state index contributed by atoms with van der Waals surface area (Å²) in [5, 5.41) is 23.7. The molecule has 13 nitrogen and oxygen atoms in total. The fraction of sp³-hybridized carbons (Fsp3) is 0.361. The third-order valence-electron chi connectivity index (χ3n) is 9.36. The molecule has 0 amide bonds. The summed E-state index contributed by atoms with van der Waals surface area (Å²) >= 11 is 12.7. The Morgan fingerprint density at radius 3 is 2.41 bits per heavy atom. The fourth-order valence-electron chi connectivity index (χ4n) is 6.42. The van der Waals surface area contributed by atoms with Crippen LogP contribution in [0.15, 0.2) is 84.2 Å². The van der Waals surface area contributed by atoms with Crippen molar-refractivity contribution in [1.29, 1.82) is 5.26 Å². The summed E-state index contributed by atoms with van der Waals surface area (Å²) in [5.41, 5.74) is 3.72. The van der Waals surface area contributed by atoms with Crippen molar-refractivity contribution in [1.82, 2.24) is 29.3 Å². The molecule has 2 aliphatic rings. The summed E-state index contributed by atoms with van der Waals surface area (Å²) < 4.78 is 21.9. The number of anilines is 2. The van der Waals surface area contributed by atoms with Crippen molar-refractivity contribution in [3.05, 3.63) is 111 Å². The van der Waals surface area contributed by atoms with Gasteiger partial charge in [0.05, 0.1) is 47.0 Å². The third-order valence-corrected chi connectivity index (χ3v) is 9.90. The third kappa shape index (κ3) is 7.18. The molecule has 3 unspecified atom stereocenters. The maximum Gasteiger partial charge on any atom is 0.350 e. The fourth-order valence-corrected chi connectivity index (χ4v) is 6.98. The molecular formula is C36H37Cl2N9O4. The van der Waals surface area contributed by atoms with Gasteiger partial charge in [0.2, 0.25) is 5.79 Å². The highest BCUT2D eigenvalue weighted by molar-refractivity contribution is 6.35. The van der Waals surface area contributed by atoms with Gasteiger partial charge in [-0.1, -0.05) is 36.2 Å². The molecule has 7 rings (SSSR count). The molecule has 0 aliphatic carbocycles. The summed E-state index contributed by atoms with van der Waals surface area (Å²) in [6.45, 7) is 7.68. The van der Waals surface area contributed by atoms with E-state index in [0.29, 0.717) is 26.9 Å². The van der Waals surface area contributed by atoms with Crippen LogP contribution in [0, 0.1) is 11.3 Å². The number of piperazine rings is 1.